The topological polar surface area (TPSA) is 55.1 Å². The largest absolute Gasteiger partial charge is 0.356 e. The van der Waals surface area contributed by atoms with E-state index in [0.717, 1.165) is 69.0 Å². The molecule has 2 aromatic carbocycles. The zero-order chi connectivity index (χ0) is 28.2. The SMILES string of the molecule is C=C1C2(CCCC(=O)C3CCc4ccccc4C3)CNC12CC(C)C1CCCC(c2noc3cc(F)ccc23)CC1. The number of aryl methyl sites for hydroxylation is 1. The van der Waals surface area contributed by atoms with Gasteiger partial charge in [0.25, 0.3) is 0 Å². The predicted octanol–water partition coefficient (Wildman–Crippen LogP) is 8.10. The number of halogens is 1. The van der Waals surface area contributed by atoms with Gasteiger partial charge >= 0.3 is 0 Å². The van der Waals surface area contributed by atoms with Gasteiger partial charge in [0, 0.05) is 41.7 Å². The Bertz CT molecular complexity index is 1480. The van der Waals surface area contributed by atoms with Gasteiger partial charge in [0.05, 0.1) is 11.2 Å². The highest BCUT2D eigenvalue weighted by Gasteiger charge is 2.76. The van der Waals surface area contributed by atoms with Gasteiger partial charge in [0.15, 0.2) is 5.58 Å². The van der Waals surface area contributed by atoms with Crippen LogP contribution in [0.15, 0.2) is 59.1 Å². The molecule has 216 valence electrons. The minimum Gasteiger partial charge on any atom is -0.356 e. The average Bonchev–Trinajstić information content (AvgIpc) is 3.13. The first-order valence-corrected chi connectivity index (χ1v) is 16.0. The minimum absolute atomic E-state index is 0.0946. The highest BCUT2D eigenvalue weighted by atomic mass is 19.1. The molecule has 4 aliphatic rings. The van der Waals surface area contributed by atoms with Crippen molar-refractivity contribution in [3.8, 4) is 0 Å². The van der Waals surface area contributed by atoms with Crippen molar-refractivity contribution in [1.29, 1.82) is 0 Å². The number of fused-ring (bicyclic) bond motifs is 3. The Hall–Kier alpha value is -2.79. The molecular weight excluding hydrogens is 511 g/mol. The number of benzene rings is 2. The van der Waals surface area contributed by atoms with Crippen LogP contribution in [0, 0.1) is 29.0 Å². The van der Waals surface area contributed by atoms with E-state index in [1.165, 1.54) is 48.1 Å². The second-order valence-corrected chi connectivity index (χ2v) is 13.7. The van der Waals surface area contributed by atoms with Crippen LogP contribution in [0.5, 0.6) is 0 Å². The van der Waals surface area contributed by atoms with Crippen molar-refractivity contribution in [3.05, 3.63) is 77.3 Å². The number of ketones is 1. The third kappa shape index (κ3) is 4.59. The zero-order valence-corrected chi connectivity index (χ0v) is 24.4. The molecule has 1 aromatic heterocycles. The Labute approximate surface area is 243 Å². The fourth-order valence-electron chi connectivity index (χ4n) is 9.01. The smallest absolute Gasteiger partial charge is 0.170 e. The van der Waals surface area contributed by atoms with E-state index in [1.807, 2.05) is 6.07 Å². The molecule has 0 radical (unpaired) electrons. The summed E-state index contributed by atoms with van der Waals surface area (Å²) in [6.07, 6.45) is 12.7. The number of hydrogen-bond acceptors (Lipinski definition) is 4. The van der Waals surface area contributed by atoms with Gasteiger partial charge in [-0.25, -0.2) is 4.39 Å². The van der Waals surface area contributed by atoms with Gasteiger partial charge in [0.2, 0.25) is 0 Å². The van der Waals surface area contributed by atoms with Gasteiger partial charge in [-0.2, -0.15) is 0 Å². The van der Waals surface area contributed by atoms with E-state index in [0.29, 0.717) is 35.5 Å². The first-order valence-electron chi connectivity index (χ1n) is 16.0. The van der Waals surface area contributed by atoms with Gasteiger partial charge in [-0.05, 0) is 98.5 Å². The minimum atomic E-state index is -0.279. The monoisotopic (exact) mass is 554 g/mol. The molecule has 3 fully saturated rings. The molecule has 41 heavy (non-hydrogen) atoms. The van der Waals surface area contributed by atoms with Crippen LogP contribution >= 0.6 is 0 Å². The maximum atomic E-state index is 13.6. The van der Waals surface area contributed by atoms with Crippen molar-refractivity contribution in [2.24, 2.45) is 23.2 Å². The molecule has 1 N–H and O–H groups in total. The zero-order valence-electron chi connectivity index (χ0n) is 24.4. The molecule has 1 saturated heterocycles. The van der Waals surface area contributed by atoms with E-state index in [9.17, 15) is 9.18 Å². The summed E-state index contributed by atoms with van der Waals surface area (Å²) in [5, 5.41) is 9.14. The first-order chi connectivity index (χ1) is 19.9. The van der Waals surface area contributed by atoms with Crippen LogP contribution < -0.4 is 5.32 Å². The molecule has 2 heterocycles. The Morgan fingerprint density at radius 2 is 2.00 bits per heavy atom. The molecule has 0 spiro atoms. The Kier molecular flexibility index (Phi) is 6.92. The van der Waals surface area contributed by atoms with Crippen LogP contribution in [0.4, 0.5) is 4.39 Å². The van der Waals surface area contributed by atoms with Crippen LogP contribution in [0.25, 0.3) is 11.0 Å². The summed E-state index contributed by atoms with van der Waals surface area (Å²) in [6.45, 7) is 8.02. The molecule has 7 rings (SSSR count). The Balaban J connectivity index is 0.919. The number of hydrogen-bond donors (Lipinski definition) is 1. The number of Topliss-reactive ketones (excluding diaryl/α,β-unsaturated/α-hetero) is 1. The molecule has 0 bridgehead atoms. The Morgan fingerprint density at radius 3 is 2.83 bits per heavy atom. The van der Waals surface area contributed by atoms with Gasteiger partial charge < -0.3 is 9.84 Å². The van der Waals surface area contributed by atoms with Crippen molar-refractivity contribution in [2.45, 2.75) is 95.4 Å². The van der Waals surface area contributed by atoms with E-state index in [2.05, 4.69) is 48.2 Å². The average molecular weight is 555 g/mol. The molecule has 4 nitrogen and oxygen atoms in total. The number of carbonyl (C=O) groups excluding carboxylic acids is 1. The molecule has 1 aliphatic heterocycles. The van der Waals surface area contributed by atoms with Crippen LogP contribution in [0.1, 0.15) is 93.9 Å². The summed E-state index contributed by atoms with van der Waals surface area (Å²) in [6, 6.07) is 13.4. The first kappa shape index (κ1) is 27.1. The fourth-order valence-corrected chi connectivity index (χ4v) is 9.01. The van der Waals surface area contributed by atoms with Crippen molar-refractivity contribution in [1.82, 2.24) is 10.5 Å². The van der Waals surface area contributed by atoms with Gasteiger partial charge in [-0.3, -0.25) is 4.79 Å². The van der Waals surface area contributed by atoms with E-state index in [4.69, 9.17) is 4.52 Å². The number of nitrogens with zero attached hydrogens (tertiary/aromatic N) is 1. The fraction of sp³-hybridized carbons (Fsp3) is 0.556. The molecule has 3 aliphatic carbocycles. The van der Waals surface area contributed by atoms with Crippen LogP contribution in [-0.2, 0) is 17.6 Å². The number of aromatic nitrogens is 1. The van der Waals surface area contributed by atoms with Crippen LogP contribution in [0.3, 0.4) is 0 Å². The van der Waals surface area contributed by atoms with E-state index >= 15 is 0 Å². The third-order valence-electron chi connectivity index (χ3n) is 11.7. The second kappa shape index (κ2) is 10.5. The summed E-state index contributed by atoms with van der Waals surface area (Å²) in [5.74, 6) is 2.07. The van der Waals surface area contributed by atoms with Crippen LogP contribution in [0.2, 0.25) is 0 Å². The second-order valence-electron chi connectivity index (χ2n) is 13.7. The molecule has 0 amide bonds. The molecule has 6 unspecified atom stereocenters. The van der Waals surface area contributed by atoms with E-state index in [1.54, 1.807) is 0 Å². The van der Waals surface area contributed by atoms with Crippen LogP contribution in [-0.4, -0.2) is 23.0 Å². The summed E-state index contributed by atoms with van der Waals surface area (Å²) < 4.78 is 19.1. The number of nitrogens with one attached hydrogen (secondary N) is 1. The third-order valence-corrected chi connectivity index (χ3v) is 11.7. The van der Waals surface area contributed by atoms with Crippen molar-refractivity contribution < 1.29 is 13.7 Å². The highest BCUT2D eigenvalue weighted by Crippen LogP contribution is 2.72. The maximum absolute atomic E-state index is 13.6. The van der Waals surface area contributed by atoms with Gasteiger partial charge in [-0.1, -0.05) is 55.8 Å². The maximum Gasteiger partial charge on any atom is 0.170 e. The summed E-state index contributed by atoms with van der Waals surface area (Å²) in [4.78, 5) is 13.1. The molecule has 2 saturated carbocycles. The number of carbonyl (C=O) groups is 1. The lowest BCUT2D eigenvalue weighted by molar-refractivity contribution is -0.123. The predicted molar refractivity (Wildman–Crippen MR) is 160 cm³/mol. The molecule has 3 aromatic rings. The van der Waals surface area contributed by atoms with E-state index < -0.39 is 0 Å². The quantitative estimate of drug-likeness (QED) is 0.214. The molecular formula is C36H43FN2O2. The lowest BCUT2D eigenvalue weighted by Gasteiger charge is -2.39. The lowest BCUT2D eigenvalue weighted by Crippen LogP contribution is -2.54. The lowest BCUT2D eigenvalue weighted by atomic mass is 9.76. The summed E-state index contributed by atoms with van der Waals surface area (Å²) >= 11 is 0. The highest BCUT2D eigenvalue weighted by molar-refractivity contribution is 5.82. The van der Waals surface area contributed by atoms with E-state index in [-0.39, 0.29) is 22.7 Å². The van der Waals surface area contributed by atoms with Crippen molar-refractivity contribution in [3.63, 3.8) is 0 Å². The Morgan fingerprint density at radius 1 is 1.15 bits per heavy atom. The molecule has 6 atom stereocenters. The summed E-state index contributed by atoms with van der Waals surface area (Å²) in [7, 11) is 0. The standard InChI is InChI=1S/C36H43FN2O2/c1-23(25-9-5-10-27(14-12-25)34-31-17-16-30(37)20-33(31)41-39-34)21-36-24(2)35(36,22-38-36)18-6-11-32(40)29-15-13-26-7-3-4-8-28(26)19-29/h3-4,7-8,16-17,20,23,25,27,29,38H,2,5-6,9-15,18-19,21-22H2,1H3. The summed E-state index contributed by atoms with van der Waals surface area (Å²) in [5.41, 5.74) is 6.06. The van der Waals surface area contributed by atoms with Crippen molar-refractivity contribution >= 4 is 16.8 Å². The van der Waals surface area contributed by atoms with Gasteiger partial charge in [-0.15, -0.1) is 0 Å². The molecule has 5 heteroatoms. The van der Waals surface area contributed by atoms with Gasteiger partial charge in [0.1, 0.15) is 11.6 Å². The normalized spacial score (nSPS) is 31.6. The number of rotatable bonds is 9. The van der Waals surface area contributed by atoms with Crippen molar-refractivity contribution in [2.75, 3.05) is 6.54 Å².